The molecular formula is C14H19BrN2O2. The number of nitrogens with two attached hydrogens (primary N) is 1. The SMILES string of the molecule is Nc1cc(Br)cc(CN2CCCC3(C2)OCCO3)c1. The van der Waals surface area contributed by atoms with Crippen LogP contribution in [0.5, 0.6) is 0 Å². The molecule has 2 N–H and O–H groups in total. The lowest BCUT2D eigenvalue weighted by molar-refractivity contribution is -0.190. The summed E-state index contributed by atoms with van der Waals surface area (Å²) < 4.78 is 12.6. The second-order valence-electron chi connectivity index (χ2n) is 5.31. The summed E-state index contributed by atoms with van der Waals surface area (Å²) in [5.74, 6) is -0.351. The van der Waals surface area contributed by atoms with Gasteiger partial charge in [-0.15, -0.1) is 0 Å². The predicted molar refractivity (Wildman–Crippen MR) is 77.7 cm³/mol. The Morgan fingerprint density at radius 1 is 1.26 bits per heavy atom. The summed E-state index contributed by atoms with van der Waals surface area (Å²) in [5, 5.41) is 0. The third kappa shape index (κ3) is 3.11. The Bertz CT molecular complexity index is 441. The molecule has 2 saturated heterocycles. The molecule has 104 valence electrons. The van der Waals surface area contributed by atoms with Gasteiger partial charge in [-0.05, 0) is 36.7 Å². The zero-order valence-corrected chi connectivity index (χ0v) is 12.5. The van der Waals surface area contributed by atoms with Gasteiger partial charge in [0.25, 0.3) is 0 Å². The van der Waals surface area contributed by atoms with E-state index in [-0.39, 0.29) is 5.79 Å². The van der Waals surface area contributed by atoms with Gasteiger partial charge in [-0.2, -0.15) is 0 Å². The fraction of sp³-hybridized carbons (Fsp3) is 0.571. The van der Waals surface area contributed by atoms with Crippen LogP contribution in [0.2, 0.25) is 0 Å². The molecule has 2 heterocycles. The van der Waals surface area contributed by atoms with E-state index in [0.717, 1.165) is 55.8 Å². The standard InChI is InChI=1S/C14H19BrN2O2/c15-12-6-11(7-13(16)8-12)9-17-3-1-2-14(10-17)18-4-5-19-14/h6-8H,1-5,9-10,16H2. The number of rotatable bonds is 2. The highest BCUT2D eigenvalue weighted by Gasteiger charge is 2.40. The fourth-order valence-corrected chi connectivity index (χ4v) is 3.52. The van der Waals surface area contributed by atoms with E-state index in [1.807, 2.05) is 12.1 Å². The maximum Gasteiger partial charge on any atom is 0.181 e. The molecule has 0 atom stereocenters. The van der Waals surface area contributed by atoms with Crippen LogP contribution < -0.4 is 5.73 Å². The number of piperidine rings is 1. The van der Waals surface area contributed by atoms with Crippen LogP contribution in [-0.4, -0.2) is 37.0 Å². The zero-order chi connectivity index (χ0) is 13.3. The van der Waals surface area contributed by atoms with Crippen molar-refractivity contribution in [1.82, 2.24) is 4.90 Å². The van der Waals surface area contributed by atoms with Gasteiger partial charge in [0, 0.05) is 23.1 Å². The molecule has 0 amide bonds. The molecule has 0 bridgehead atoms. The van der Waals surface area contributed by atoms with Gasteiger partial charge in [0.05, 0.1) is 19.8 Å². The highest BCUT2D eigenvalue weighted by Crippen LogP contribution is 2.31. The van der Waals surface area contributed by atoms with Crippen molar-refractivity contribution in [1.29, 1.82) is 0 Å². The monoisotopic (exact) mass is 326 g/mol. The topological polar surface area (TPSA) is 47.7 Å². The van der Waals surface area contributed by atoms with E-state index in [2.05, 4.69) is 26.9 Å². The lowest BCUT2D eigenvalue weighted by Crippen LogP contribution is -2.48. The van der Waals surface area contributed by atoms with Crippen LogP contribution in [0.4, 0.5) is 5.69 Å². The van der Waals surface area contributed by atoms with Crippen molar-refractivity contribution in [3.8, 4) is 0 Å². The number of nitrogens with zero attached hydrogens (tertiary/aromatic N) is 1. The molecule has 0 aromatic heterocycles. The Hall–Kier alpha value is -0.620. The molecule has 1 spiro atoms. The summed E-state index contributed by atoms with van der Waals surface area (Å²) >= 11 is 3.49. The highest BCUT2D eigenvalue weighted by atomic mass is 79.9. The number of ether oxygens (including phenoxy) is 2. The van der Waals surface area contributed by atoms with Crippen LogP contribution in [0.25, 0.3) is 0 Å². The van der Waals surface area contributed by atoms with Crippen LogP contribution >= 0.6 is 15.9 Å². The van der Waals surface area contributed by atoms with E-state index >= 15 is 0 Å². The molecule has 4 nitrogen and oxygen atoms in total. The Kier molecular flexibility index (Phi) is 3.80. The zero-order valence-electron chi connectivity index (χ0n) is 10.9. The molecule has 19 heavy (non-hydrogen) atoms. The molecular weight excluding hydrogens is 308 g/mol. The summed E-state index contributed by atoms with van der Waals surface area (Å²) in [7, 11) is 0. The average Bonchev–Trinajstić information content (AvgIpc) is 2.76. The Labute approximate surface area is 122 Å². The molecule has 5 heteroatoms. The maximum atomic E-state index is 5.88. The molecule has 2 fully saturated rings. The lowest BCUT2D eigenvalue weighted by atomic mass is 10.0. The molecule has 2 aliphatic rings. The number of hydrogen-bond donors (Lipinski definition) is 1. The minimum absolute atomic E-state index is 0.351. The minimum Gasteiger partial charge on any atom is -0.399 e. The Morgan fingerprint density at radius 3 is 2.79 bits per heavy atom. The summed E-state index contributed by atoms with van der Waals surface area (Å²) in [4.78, 5) is 2.38. The third-order valence-corrected chi connectivity index (χ3v) is 4.15. The predicted octanol–water partition coefficient (Wildman–Crippen LogP) is 2.37. The van der Waals surface area contributed by atoms with E-state index < -0.39 is 0 Å². The first kappa shape index (κ1) is 13.4. The Balaban J connectivity index is 1.69. The molecule has 0 aliphatic carbocycles. The molecule has 0 saturated carbocycles. The number of benzene rings is 1. The first-order chi connectivity index (χ1) is 9.15. The van der Waals surface area contributed by atoms with Crippen molar-refractivity contribution in [3.63, 3.8) is 0 Å². The summed E-state index contributed by atoms with van der Waals surface area (Å²) in [6, 6.07) is 6.07. The van der Waals surface area contributed by atoms with Crippen molar-refractivity contribution >= 4 is 21.6 Å². The average molecular weight is 327 g/mol. The molecule has 3 rings (SSSR count). The highest BCUT2D eigenvalue weighted by molar-refractivity contribution is 9.10. The number of halogens is 1. The van der Waals surface area contributed by atoms with Gasteiger partial charge in [0.1, 0.15) is 0 Å². The largest absolute Gasteiger partial charge is 0.399 e. The molecule has 1 aromatic rings. The van der Waals surface area contributed by atoms with E-state index in [1.54, 1.807) is 0 Å². The van der Waals surface area contributed by atoms with Gasteiger partial charge in [0.15, 0.2) is 5.79 Å². The smallest absolute Gasteiger partial charge is 0.181 e. The van der Waals surface area contributed by atoms with Gasteiger partial charge in [-0.3, -0.25) is 4.90 Å². The summed E-state index contributed by atoms with van der Waals surface area (Å²) in [6.07, 6.45) is 2.12. The number of nitrogen functional groups attached to an aromatic ring is 1. The second-order valence-corrected chi connectivity index (χ2v) is 6.23. The quantitative estimate of drug-likeness (QED) is 0.847. The Morgan fingerprint density at radius 2 is 2.05 bits per heavy atom. The van der Waals surface area contributed by atoms with Crippen LogP contribution in [0.15, 0.2) is 22.7 Å². The van der Waals surface area contributed by atoms with Gasteiger partial charge < -0.3 is 15.2 Å². The maximum absolute atomic E-state index is 5.88. The van der Waals surface area contributed by atoms with Crippen molar-refractivity contribution in [2.24, 2.45) is 0 Å². The van der Waals surface area contributed by atoms with Crippen LogP contribution in [0.1, 0.15) is 18.4 Å². The molecule has 0 radical (unpaired) electrons. The number of anilines is 1. The molecule has 0 unspecified atom stereocenters. The van der Waals surface area contributed by atoms with Crippen molar-refractivity contribution in [2.75, 3.05) is 32.0 Å². The van der Waals surface area contributed by atoms with Gasteiger partial charge >= 0.3 is 0 Å². The fourth-order valence-electron chi connectivity index (χ4n) is 2.96. The van der Waals surface area contributed by atoms with Crippen molar-refractivity contribution in [3.05, 3.63) is 28.2 Å². The van der Waals surface area contributed by atoms with Crippen LogP contribution in [0.3, 0.4) is 0 Å². The normalized spacial score (nSPS) is 23.0. The molecule has 2 aliphatic heterocycles. The lowest BCUT2D eigenvalue weighted by Gasteiger charge is -2.38. The van der Waals surface area contributed by atoms with Gasteiger partial charge in [0.2, 0.25) is 0 Å². The second kappa shape index (κ2) is 5.40. The first-order valence-corrected chi connectivity index (χ1v) is 7.50. The van der Waals surface area contributed by atoms with Crippen molar-refractivity contribution < 1.29 is 9.47 Å². The summed E-state index contributed by atoms with van der Waals surface area (Å²) in [6.45, 7) is 4.26. The number of likely N-dealkylation sites (tertiary alicyclic amines) is 1. The third-order valence-electron chi connectivity index (χ3n) is 3.70. The van der Waals surface area contributed by atoms with Crippen LogP contribution in [-0.2, 0) is 16.0 Å². The molecule has 1 aromatic carbocycles. The van der Waals surface area contributed by atoms with Crippen LogP contribution in [0, 0.1) is 0 Å². The van der Waals surface area contributed by atoms with E-state index in [1.165, 1.54) is 5.56 Å². The summed E-state index contributed by atoms with van der Waals surface area (Å²) in [5.41, 5.74) is 7.90. The number of hydrogen-bond acceptors (Lipinski definition) is 4. The van der Waals surface area contributed by atoms with E-state index in [9.17, 15) is 0 Å². The van der Waals surface area contributed by atoms with E-state index in [4.69, 9.17) is 15.2 Å². The minimum atomic E-state index is -0.351. The van der Waals surface area contributed by atoms with E-state index in [0.29, 0.717) is 0 Å². The van der Waals surface area contributed by atoms with Gasteiger partial charge in [-0.25, -0.2) is 0 Å². The first-order valence-electron chi connectivity index (χ1n) is 6.70. The van der Waals surface area contributed by atoms with Gasteiger partial charge in [-0.1, -0.05) is 15.9 Å². The van der Waals surface area contributed by atoms with Crippen molar-refractivity contribution in [2.45, 2.75) is 25.2 Å².